The average Bonchev–Trinajstić information content (AvgIpc) is 2.80. The smallest absolute Gasteiger partial charge is 0.335 e. The zero-order valence-corrected chi connectivity index (χ0v) is 20.7. The summed E-state index contributed by atoms with van der Waals surface area (Å²) in [5.74, 6) is -1.55. The predicted molar refractivity (Wildman–Crippen MR) is 130 cm³/mol. The lowest BCUT2D eigenvalue weighted by atomic mass is 9.66. The lowest BCUT2D eigenvalue weighted by molar-refractivity contribution is -0.153. The zero-order chi connectivity index (χ0) is 25.3. The molecule has 1 fully saturated rings. The van der Waals surface area contributed by atoms with Gasteiger partial charge in [0.25, 0.3) is 5.91 Å². The Morgan fingerprint density at radius 2 is 1.74 bits per heavy atom. The molecule has 1 saturated heterocycles. The highest BCUT2D eigenvalue weighted by molar-refractivity contribution is 6.30. The number of carboxylic acids is 1. The number of likely N-dealkylation sites (tertiary alicyclic amines) is 1. The molecular formula is C26H31ClN2O5. The molecule has 7 nitrogen and oxygen atoms in total. The van der Waals surface area contributed by atoms with Gasteiger partial charge in [-0.05, 0) is 49.2 Å². The normalized spacial score (nSPS) is 20.5. The number of hydrogen-bond donors (Lipinski definition) is 2. The van der Waals surface area contributed by atoms with Gasteiger partial charge in [0.1, 0.15) is 0 Å². The van der Waals surface area contributed by atoms with Gasteiger partial charge in [-0.15, -0.1) is 0 Å². The van der Waals surface area contributed by atoms with Gasteiger partial charge in [0.2, 0.25) is 5.91 Å². The maximum atomic E-state index is 13.1. The van der Waals surface area contributed by atoms with E-state index in [1.165, 1.54) is 23.1 Å². The van der Waals surface area contributed by atoms with Crippen molar-refractivity contribution in [2.45, 2.75) is 45.3 Å². The van der Waals surface area contributed by atoms with E-state index in [-0.39, 0.29) is 29.4 Å². The van der Waals surface area contributed by atoms with Gasteiger partial charge < -0.3 is 20.0 Å². The Hall–Kier alpha value is -2.90. The lowest BCUT2D eigenvalue weighted by Crippen LogP contribution is -2.57. The van der Waals surface area contributed by atoms with Gasteiger partial charge in [-0.2, -0.15) is 0 Å². The summed E-state index contributed by atoms with van der Waals surface area (Å²) in [5, 5.41) is 21.3. The minimum Gasteiger partial charge on any atom is -0.478 e. The summed E-state index contributed by atoms with van der Waals surface area (Å²) in [6.07, 6.45) is 0.509. The number of amides is 2. The van der Waals surface area contributed by atoms with Crippen LogP contribution in [0.3, 0.4) is 0 Å². The first-order chi connectivity index (χ1) is 15.9. The maximum Gasteiger partial charge on any atom is 0.335 e. The molecule has 34 heavy (non-hydrogen) atoms. The Morgan fingerprint density at radius 3 is 2.32 bits per heavy atom. The number of halogens is 1. The van der Waals surface area contributed by atoms with E-state index in [0.29, 0.717) is 24.5 Å². The summed E-state index contributed by atoms with van der Waals surface area (Å²) < 4.78 is 0. The summed E-state index contributed by atoms with van der Waals surface area (Å²) in [4.78, 5) is 40.4. The van der Waals surface area contributed by atoms with E-state index in [2.05, 4.69) is 0 Å². The molecular weight excluding hydrogens is 456 g/mol. The number of rotatable bonds is 6. The Labute approximate surface area is 204 Å². The van der Waals surface area contributed by atoms with Crippen LogP contribution in [0, 0.1) is 5.41 Å². The van der Waals surface area contributed by atoms with Crippen molar-refractivity contribution in [1.29, 1.82) is 0 Å². The fraction of sp³-hybridized carbons (Fsp3) is 0.423. The Kier molecular flexibility index (Phi) is 7.38. The van der Waals surface area contributed by atoms with Gasteiger partial charge in [0.05, 0.1) is 11.2 Å². The fourth-order valence-electron chi connectivity index (χ4n) is 4.50. The van der Waals surface area contributed by atoms with Crippen LogP contribution in [-0.2, 0) is 10.4 Å². The molecule has 2 atom stereocenters. The average molecular weight is 487 g/mol. The van der Waals surface area contributed by atoms with E-state index < -0.39 is 23.0 Å². The van der Waals surface area contributed by atoms with Gasteiger partial charge in [0.15, 0.2) is 0 Å². The molecule has 2 unspecified atom stereocenters. The maximum absolute atomic E-state index is 13.1. The summed E-state index contributed by atoms with van der Waals surface area (Å²) in [7, 11) is 1.60. The van der Waals surface area contributed by atoms with Crippen LogP contribution < -0.4 is 0 Å². The minimum atomic E-state index is -1.10. The van der Waals surface area contributed by atoms with Crippen molar-refractivity contribution in [2.75, 3.05) is 20.1 Å². The van der Waals surface area contributed by atoms with Crippen molar-refractivity contribution in [3.05, 3.63) is 70.2 Å². The second-order valence-electron chi connectivity index (χ2n) is 9.67. The van der Waals surface area contributed by atoms with Crippen molar-refractivity contribution in [1.82, 2.24) is 9.80 Å². The van der Waals surface area contributed by atoms with E-state index in [4.69, 9.17) is 16.7 Å². The number of aromatic carboxylic acids is 1. The first-order valence-corrected chi connectivity index (χ1v) is 11.6. The second-order valence-corrected chi connectivity index (χ2v) is 10.1. The van der Waals surface area contributed by atoms with Crippen molar-refractivity contribution >= 4 is 29.4 Å². The van der Waals surface area contributed by atoms with E-state index in [0.717, 1.165) is 5.56 Å². The van der Waals surface area contributed by atoms with Gasteiger partial charge in [-0.3, -0.25) is 9.59 Å². The highest BCUT2D eigenvalue weighted by Crippen LogP contribution is 2.46. The number of piperidine rings is 1. The number of aliphatic hydroxyl groups is 1. The molecule has 1 aliphatic heterocycles. The highest BCUT2D eigenvalue weighted by Gasteiger charge is 2.49. The van der Waals surface area contributed by atoms with Crippen LogP contribution in [-0.4, -0.2) is 64.0 Å². The fourth-order valence-corrected chi connectivity index (χ4v) is 4.63. The number of carbonyl (C=O) groups is 3. The largest absolute Gasteiger partial charge is 0.478 e. The predicted octanol–water partition coefficient (Wildman–Crippen LogP) is 4.04. The van der Waals surface area contributed by atoms with Crippen molar-refractivity contribution in [3.8, 4) is 0 Å². The summed E-state index contributed by atoms with van der Waals surface area (Å²) >= 11 is 6.00. The molecule has 3 rings (SSSR count). The monoisotopic (exact) mass is 486 g/mol. The van der Waals surface area contributed by atoms with Gasteiger partial charge in [-0.25, -0.2) is 4.79 Å². The Balaban J connectivity index is 1.66. The molecule has 2 aromatic rings. The molecule has 1 aliphatic rings. The number of carbonyl (C=O) groups excluding carboxylic acids is 2. The molecule has 8 heteroatoms. The number of carboxylic acid groups (broad SMARTS) is 1. The molecule has 2 aromatic carbocycles. The SMILES string of the molecule is CC(CC(=O)N1CCC(O)(c2ccc(Cl)cc2)C(C)(C)C1)N(C)C(=O)c1cccc(C(=O)O)c1. The van der Waals surface area contributed by atoms with Crippen molar-refractivity contribution in [3.63, 3.8) is 0 Å². The van der Waals surface area contributed by atoms with E-state index in [1.807, 2.05) is 26.0 Å². The number of benzene rings is 2. The molecule has 0 spiro atoms. The van der Waals surface area contributed by atoms with Crippen LogP contribution in [0.4, 0.5) is 0 Å². The summed E-state index contributed by atoms with van der Waals surface area (Å²) in [6.45, 7) is 6.43. The van der Waals surface area contributed by atoms with Crippen LogP contribution in [0.25, 0.3) is 0 Å². The van der Waals surface area contributed by atoms with Crippen LogP contribution >= 0.6 is 11.6 Å². The third kappa shape index (κ3) is 5.10. The van der Waals surface area contributed by atoms with Gasteiger partial charge >= 0.3 is 5.97 Å². The highest BCUT2D eigenvalue weighted by atomic mass is 35.5. The molecule has 0 radical (unpaired) electrons. The molecule has 0 aromatic heterocycles. The molecule has 2 amide bonds. The van der Waals surface area contributed by atoms with E-state index >= 15 is 0 Å². The minimum absolute atomic E-state index is 0.0340. The van der Waals surface area contributed by atoms with Crippen molar-refractivity contribution < 1.29 is 24.6 Å². The lowest BCUT2D eigenvalue weighted by Gasteiger charge is -2.50. The quantitative estimate of drug-likeness (QED) is 0.642. The first kappa shape index (κ1) is 25.7. The van der Waals surface area contributed by atoms with Crippen LogP contribution in [0.2, 0.25) is 5.02 Å². The molecule has 2 N–H and O–H groups in total. The molecule has 182 valence electrons. The Bertz CT molecular complexity index is 1080. The molecule has 1 heterocycles. The van der Waals surface area contributed by atoms with Crippen LogP contribution in [0.15, 0.2) is 48.5 Å². The van der Waals surface area contributed by atoms with E-state index in [9.17, 15) is 19.5 Å². The second kappa shape index (κ2) is 9.76. The summed E-state index contributed by atoms with van der Waals surface area (Å²) in [6, 6.07) is 12.6. The number of hydrogen-bond acceptors (Lipinski definition) is 4. The topological polar surface area (TPSA) is 98.2 Å². The molecule has 0 saturated carbocycles. The van der Waals surface area contributed by atoms with Gasteiger partial charge in [-0.1, -0.05) is 43.6 Å². The van der Waals surface area contributed by atoms with Crippen molar-refractivity contribution in [2.24, 2.45) is 5.41 Å². The van der Waals surface area contributed by atoms with E-state index in [1.54, 1.807) is 37.1 Å². The van der Waals surface area contributed by atoms with Crippen LogP contribution in [0.5, 0.6) is 0 Å². The van der Waals surface area contributed by atoms with Crippen LogP contribution in [0.1, 0.15) is 59.9 Å². The number of nitrogens with zero attached hydrogens (tertiary/aromatic N) is 2. The molecule has 0 bridgehead atoms. The summed E-state index contributed by atoms with van der Waals surface area (Å²) in [5.41, 5.74) is -0.629. The third-order valence-corrected chi connectivity index (χ3v) is 7.18. The standard InChI is InChI=1S/C26H31ClN2O5/c1-17(28(4)23(31)18-6-5-7-19(15-18)24(32)33)14-22(30)29-13-12-26(34,25(2,3)16-29)20-8-10-21(27)11-9-20/h5-11,15,17,34H,12-14,16H2,1-4H3,(H,32,33). The molecule has 0 aliphatic carbocycles. The third-order valence-electron chi connectivity index (χ3n) is 6.93. The van der Waals surface area contributed by atoms with Gasteiger partial charge in [0, 0.05) is 48.6 Å². The first-order valence-electron chi connectivity index (χ1n) is 11.2. The Morgan fingerprint density at radius 1 is 1.12 bits per heavy atom. The zero-order valence-electron chi connectivity index (χ0n) is 19.9.